The maximum Gasteiger partial charge on any atom is 0.284 e. The number of nitrogens with zero attached hydrogens (tertiary/aromatic N) is 4. The normalized spacial score (nSPS) is 15.7. The number of amides is 1. The highest BCUT2D eigenvalue weighted by Gasteiger charge is 2.27. The van der Waals surface area contributed by atoms with E-state index in [0.717, 1.165) is 22.8 Å². The number of ether oxygens (including phenoxy) is 2. The third-order valence-corrected chi connectivity index (χ3v) is 5.02. The third-order valence-electron chi connectivity index (χ3n) is 5.02. The van der Waals surface area contributed by atoms with Crippen molar-refractivity contribution in [3.8, 4) is 17.3 Å². The van der Waals surface area contributed by atoms with Gasteiger partial charge in [-0.2, -0.15) is 10.2 Å². The Kier molecular flexibility index (Phi) is 5.31. The molecule has 1 amide bonds. The molecule has 0 fully saturated rings. The van der Waals surface area contributed by atoms with E-state index in [9.17, 15) is 4.79 Å². The maximum atomic E-state index is 12.4. The van der Waals surface area contributed by atoms with Crippen LogP contribution in [0.1, 0.15) is 36.8 Å². The van der Waals surface area contributed by atoms with Gasteiger partial charge in [-0.3, -0.25) is 4.79 Å². The number of para-hydroxylation sites is 2. The third kappa shape index (κ3) is 3.68. The fourth-order valence-corrected chi connectivity index (χ4v) is 3.54. The molecule has 1 aliphatic rings. The highest BCUT2D eigenvalue weighted by Crippen LogP contribution is 2.30. The van der Waals surface area contributed by atoms with E-state index in [2.05, 4.69) is 34.0 Å². The first-order valence-electron chi connectivity index (χ1n) is 9.90. The second kappa shape index (κ2) is 8.06. The van der Waals surface area contributed by atoms with Gasteiger partial charge in [-0.05, 0) is 45.9 Å². The number of benzene rings is 1. The molecule has 3 heterocycles. The minimum atomic E-state index is -0.745. The quantitative estimate of drug-likeness (QED) is 0.520. The lowest BCUT2D eigenvalue weighted by molar-refractivity contribution is -0.130. The van der Waals surface area contributed by atoms with Gasteiger partial charge in [-0.1, -0.05) is 12.1 Å². The number of nitrogens with one attached hydrogen (secondary N) is 1. The van der Waals surface area contributed by atoms with E-state index in [1.807, 2.05) is 48.9 Å². The molecule has 0 bridgehead atoms. The van der Waals surface area contributed by atoms with Crippen LogP contribution in [0.3, 0.4) is 0 Å². The first-order valence-corrected chi connectivity index (χ1v) is 9.90. The molecular weight excluding hydrogens is 382 g/mol. The second-order valence-corrected chi connectivity index (χ2v) is 7.49. The van der Waals surface area contributed by atoms with E-state index in [-0.39, 0.29) is 18.6 Å². The summed E-state index contributed by atoms with van der Waals surface area (Å²) in [7, 11) is 0. The average molecular weight is 407 g/mol. The molecule has 2 aromatic heterocycles. The van der Waals surface area contributed by atoms with Crippen molar-refractivity contribution in [1.29, 1.82) is 0 Å². The van der Waals surface area contributed by atoms with Crippen LogP contribution in [0, 0.1) is 13.8 Å². The van der Waals surface area contributed by atoms with Gasteiger partial charge in [0.05, 0.1) is 12.4 Å². The van der Waals surface area contributed by atoms with Crippen LogP contribution in [0.5, 0.6) is 11.5 Å². The van der Waals surface area contributed by atoms with E-state index in [0.29, 0.717) is 11.5 Å². The minimum absolute atomic E-state index is 0.145. The fraction of sp³-hybridized carbons (Fsp3) is 0.318. The van der Waals surface area contributed by atoms with Crippen LogP contribution in [-0.2, 0) is 4.79 Å². The van der Waals surface area contributed by atoms with Gasteiger partial charge in [0.2, 0.25) is 6.10 Å². The summed E-state index contributed by atoms with van der Waals surface area (Å²) < 4.78 is 15.4. The van der Waals surface area contributed by atoms with Crippen molar-refractivity contribution in [3.05, 3.63) is 59.5 Å². The molecule has 1 aliphatic heterocycles. The molecule has 0 aliphatic carbocycles. The van der Waals surface area contributed by atoms with E-state index in [1.165, 1.54) is 0 Å². The van der Waals surface area contributed by atoms with Crippen LogP contribution in [0.25, 0.3) is 5.82 Å². The Hall–Kier alpha value is -3.55. The molecule has 0 spiro atoms. The van der Waals surface area contributed by atoms with Gasteiger partial charge in [0, 0.05) is 29.1 Å². The Morgan fingerprint density at radius 3 is 2.80 bits per heavy atom. The Labute approximate surface area is 175 Å². The van der Waals surface area contributed by atoms with Crippen molar-refractivity contribution in [2.75, 3.05) is 6.61 Å². The van der Waals surface area contributed by atoms with Crippen molar-refractivity contribution in [2.45, 2.75) is 39.8 Å². The van der Waals surface area contributed by atoms with Gasteiger partial charge in [0.15, 0.2) is 11.5 Å². The lowest BCUT2D eigenvalue weighted by Crippen LogP contribution is -2.42. The average Bonchev–Trinajstić information content (AvgIpc) is 3.32. The Morgan fingerprint density at radius 1 is 1.27 bits per heavy atom. The summed E-state index contributed by atoms with van der Waals surface area (Å²) in [6.07, 6.45) is 2.70. The Morgan fingerprint density at radius 2 is 2.03 bits per heavy atom. The molecule has 8 heteroatoms. The number of hydrazone groups is 1. The minimum Gasteiger partial charge on any atom is -0.485 e. The van der Waals surface area contributed by atoms with Crippen molar-refractivity contribution in [3.63, 3.8) is 0 Å². The van der Waals surface area contributed by atoms with E-state index < -0.39 is 6.10 Å². The number of rotatable bonds is 5. The van der Waals surface area contributed by atoms with Crippen molar-refractivity contribution in [1.82, 2.24) is 19.8 Å². The predicted octanol–water partition coefficient (Wildman–Crippen LogP) is 3.16. The van der Waals surface area contributed by atoms with E-state index in [1.54, 1.807) is 18.5 Å². The predicted molar refractivity (Wildman–Crippen MR) is 114 cm³/mol. The van der Waals surface area contributed by atoms with Crippen LogP contribution in [0.4, 0.5) is 0 Å². The largest absolute Gasteiger partial charge is 0.485 e. The summed E-state index contributed by atoms with van der Waals surface area (Å²) in [6.45, 7) is 8.39. The first kappa shape index (κ1) is 19.8. The molecule has 4 rings (SSSR count). The zero-order chi connectivity index (χ0) is 21.3. The van der Waals surface area contributed by atoms with E-state index in [4.69, 9.17) is 9.47 Å². The maximum absolute atomic E-state index is 12.4. The molecule has 156 valence electrons. The summed E-state index contributed by atoms with van der Waals surface area (Å²) in [5.74, 6) is 1.83. The monoisotopic (exact) mass is 407 g/mol. The highest BCUT2D eigenvalue weighted by molar-refractivity contribution is 5.86. The lowest BCUT2D eigenvalue weighted by Gasteiger charge is -2.24. The molecule has 8 nitrogen and oxygen atoms in total. The van der Waals surface area contributed by atoms with Crippen LogP contribution in [-0.4, -0.2) is 39.2 Å². The zero-order valence-electron chi connectivity index (χ0n) is 17.5. The van der Waals surface area contributed by atoms with Crippen molar-refractivity contribution < 1.29 is 14.3 Å². The molecule has 0 saturated carbocycles. The van der Waals surface area contributed by atoms with Crippen LogP contribution in [0.15, 0.2) is 47.7 Å². The number of carbonyl (C=O) groups is 1. The molecule has 1 atom stereocenters. The summed E-state index contributed by atoms with van der Waals surface area (Å²) >= 11 is 0. The smallest absolute Gasteiger partial charge is 0.284 e. The molecule has 1 aromatic carbocycles. The van der Waals surface area contributed by atoms with E-state index >= 15 is 0 Å². The highest BCUT2D eigenvalue weighted by atomic mass is 16.6. The van der Waals surface area contributed by atoms with Gasteiger partial charge in [-0.25, -0.2) is 10.1 Å². The standard InChI is InChI=1S/C22H25N5O3/c1-14(2)27-21(9-10-24-27)26-15(3)11-17(16(26)4)12-23-25-22(28)20-13-29-18-7-5-6-8-19(18)30-20/h5-12,14,20H,13H2,1-4H3,(H,25,28)/b23-12-/t20-/m1/s1. The van der Waals surface area contributed by atoms with Crippen LogP contribution >= 0.6 is 0 Å². The summed E-state index contributed by atoms with van der Waals surface area (Å²) in [5.41, 5.74) is 5.53. The number of aromatic nitrogens is 3. The number of hydrogen-bond donors (Lipinski definition) is 1. The summed E-state index contributed by atoms with van der Waals surface area (Å²) in [4.78, 5) is 12.4. The number of fused-ring (bicyclic) bond motifs is 1. The second-order valence-electron chi connectivity index (χ2n) is 7.49. The van der Waals surface area contributed by atoms with Gasteiger partial charge >= 0.3 is 0 Å². The topological polar surface area (TPSA) is 82.7 Å². The number of aryl methyl sites for hydroxylation is 1. The number of carbonyl (C=O) groups excluding carboxylic acids is 1. The van der Waals surface area contributed by atoms with Gasteiger partial charge < -0.3 is 14.0 Å². The van der Waals surface area contributed by atoms with Crippen LogP contribution in [0.2, 0.25) is 0 Å². The summed E-state index contributed by atoms with van der Waals surface area (Å²) in [6, 6.07) is 11.5. The zero-order valence-corrected chi connectivity index (χ0v) is 17.5. The molecule has 0 radical (unpaired) electrons. The van der Waals surface area contributed by atoms with Crippen molar-refractivity contribution in [2.24, 2.45) is 5.10 Å². The Bertz CT molecular complexity index is 1100. The Balaban J connectivity index is 1.46. The molecule has 1 N–H and O–H groups in total. The fourth-order valence-electron chi connectivity index (χ4n) is 3.54. The van der Waals surface area contributed by atoms with Crippen LogP contribution < -0.4 is 14.9 Å². The van der Waals surface area contributed by atoms with Gasteiger partial charge in [0.1, 0.15) is 12.4 Å². The summed E-state index contributed by atoms with van der Waals surface area (Å²) in [5, 5.41) is 8.55. The molecular formula is C22H25N5O3. The van der Waals surface area contributed by atoms with Gasteiger partial charge in [-0.15, -0.1) is 0 Å². The molecule has 0 unspecified atom stereocenters. The lowest BCUT2D eigenvalue weighted by atomic mass is 10.2. The first-order chi connectivity index (χ1) is 14.5. The van der Waals surface area contributed by atoms with Crippen molar-refractivity contribution >= 4 is 12.1 Å². The SMILES string of the molecule is Cc1cc(/C=N\NC(=O)[C@H]2COc3ccccc3O2)c(C)n1-c1ccnn1C(C)C. The molecule has 0 saturated heterocycles. The van der Waals surface area contributed by atoms with Gasteiger partial charge in [0.25, 0.3) is 5.91 Å². The number of hydrogen-bond acceptors (Lipinski definition) is 5. The molecule has 30 heavy (non-hydrogen) atoms. The molecule has 3 aromatic rings.